The van der Waals surface area contributed by atoms with Crippen LogP contribution in [0.5, 0.6) is 0 Å². The van der Waals surface area contributed by atoms with Gasteiger partial charge in [-0.3, -0.25) is 4.79 Å². The zero-order chi connectivity index (χ0) is 14.3. The van der Waals surface area contributed by atoms with Gasteiger partial charge < -0.3 is 9.84 Å². The SMILES string of the molecule is CCCOC(=O)C(CC)Sc1cccc(C(=O)O)c1. The second-order valence-electron chi connectivity index (χ2n) is 4.02. The van der Waals surface area contributed by atoms with Crippen molar-refractivity contribution < 1.29 is 19.4 Å². The summed E-state index contributed by atoms with van der Waals surface area (Å²) >= 11 is 1.34. The second kappa shape index (κ2) is 7.84. The van der Waals surface area contributed by atoms with E-state index in [0.29, 0.717) is 13.0 Å². The minimum absolute atomic E-state index is 0.224. The van der Waals surface area contributed by atoms with Crippen molar-refractivity contribution in [3.8, 4) is 0 Å². The Balaban J connectivity index is 2.72. The molecule has 5 heteroatoms. The molecule has 1 N–H and O–H groups in total. The van der Waals surface area contributed by atoms with E-state index in [9.17, 15) is 9.59 Å². The van der Waals surface area contributed by atoms with Crippen LogP contribution in [0.2, 0.25) is 0 Å². The van der Waals surface area contributed by atoms with Gasteiger partial charge in [0.2, 0.25) is 0 Å². The number of carboxylic acids is 1. The fourth-order valence-electron chi connectivity index (χ4n) is 1.46. The number of rotatable bonds is 7. The lowest BCUT2D eigenvalue weighted by Crippen LogP contribution is -2.19. The van der Waals surface area contributed by atoms with Crippen LogP contribution in [0.4, 0.5) is 0 Å². The first kappa shape index (κ1) is 15.6. The number of hydrogen-bond acceptors (Lipinski definition) is 4. The molecule has 0 saturated carbocycles. The first-order chi connectivity index (χ1) is 9.08. The van der Waals surface area contributed by atoms with Crippen molar-refractivity contribution >= 4 is 23.7 Å². The predicted octanol–water partition coefficient (Wildman–Crippen LogP) is 3.21. The molecule has 0 radical (unpaired) electrons. The first-order valence-electron chi connectivity index (χ1n) is 6.25. The van der Waals surface area contributed by atoms with Crippen LogP contribution in [0.15, 0.2) is 29.2 Å². The van der Waals surface area contributed by atoms with E-state index in [-0.39, 0.29) is 16.8 Å². The number of benzene rings is 1. The minimum Gasteiger partial charge on any atom is -0.478 e. The van der Waals surface area contributed by atoms with Crippen molar-refractivity contribution in [3.05, 3.63) is 29.8 Å². The molecule has 104 valence electrons. The Hall–Kier alpha value is -1.49. The molecule has 0 spiro atoms. The molecule has 4 nitrogen and oxygen atoms in total. The Kier molecular flexibility index (Phi) is 6.42. The minimum atomic E-state index is -0.968. The van der Waals surface area contributed by atoms with E-state index in [2.05, 4.69) is 0 Å². The molecule has 0 amide bonds. The van der Waals surface area contributed by atoms with Gasteiger partial charge in [-0.25, -0.2) is 4.79 Å². The number of carbonyl (C=O) groups is 2. The monoisotopic (exact) mass is 282 g/mol. The van der Waals surface area contributed by atoms with Gasteiger partial charge >= 0.3 is 11.9 Å². The van der Waals surface area contributed by atoms with Gasteiger partial charge in [-0.2, -0.15) is 0 Å². The predicted molar refractivity (Wildman–Crippen MR) is 74.6 cm³/mol. The maximum atomic E-state index is 11.8. The van der Waals surface area contributed by atoms with Crippen molar-refractivity contribution in [2.45, 2.75) is 36.8 Å². The average molecular weight is 282 g/mol. The molecule has 0 bridgehead atoms. The second-order valence-corrected chi connectivity index (χ2v) is 5.29. The van der Waals surface area contributed by atoms with Crippen LogP contribution in [-0.4, -0.2) is 28.9 Å². The summed E-state index contributed by atoms with van der Waals surface area (Å²) in [6.07, 6.45) is 1.44. The highest BCUT2D eigenvalue weighted by Crippen LogP contribution is 2.27. The molecule has 1 rings (SSSR count). The van der Waals surface area contributed by atoms with Crippen LogP contribution in [0, 0.1) is 0 Å². The fourth-order valence-corrected chi connectivity index (χ4v) is 2.47. The Morgan fingerprint density at radius 3 is 2.68 bits per heavy atom. The van der Waals surface area contributed by atoms with Crippen molar-refractivity contribution in [3.63, 3.8) is 0 Å². The van der Waals surface area contributed by atoms with Crippen LogP contribution in [0.1, 0.15) is 37.0 Å². The molecular formula is C14H18O4S. The van der Waals surface area contributed by atoms with Gasteiger partial charge in [-0.1, -0.05) is 19.9 Å². The molecule has 0 aliphatic heterocycles. The maximum absolute atomic E-state index is 11.8. The lowest BCUT2D eigenvalue weighted by atomic mass is 10.2. The largest absolute Gasteiger partial charge is 0.478 e. The van der Waals surface area contributed by atoms with Gasteiger partial charge in [-0.15, -0.1) is 11.8 Å². The quantitative estimate of drug-likeness (QED) is 0.614. The van der Waals surface area contributed by atoms with Crippen LogP contribution >= 0.6 is 11.8 Å². The molecule has 1 aromatic rings. The molecule has 1 unspecified atom stereocenters. The van der Waals surface area contributed by atoms with Crippen LogP contribution in [0.3, 0.4) is 0 Å². The van der Waals surface area contributed by atoms with Gasteiger partial charge in [0.15, 0.2) is 0 Å². The summed E-state index contributed by atoms with van der Waals surface area (Å²) < 4.78 is 5.12. The molecule has 1 aromatic carbocycles. The van der Waals surface area contributed by atoms with E-state index in [4.69, 9.17) is 9.84 Å². The summed E-state index contributed by atoms with van der Waals surface area (Å²) in [5.41, 5.74) is 0.224. The molecule has 0 saturated heterocycles. The normalized spacial score (nSPS) is 11.9. The smallest absolute Gasteiger partial charge is 0.335 e. The summed E-state index contributed by atoms with van der Waals surface area (Å²) in [4.78, 5) is 23.4. The number of carbonyl (C=O) groups excluding carboxylic acids is 1. The Bertz CT molecular complexity index is 445. The van der Waals surface area contributed by atoms with E-state index < -0.39 is 5.97 Å². The highest BCUT2D eigenvalue weighted by Gasteiger charge is 2.19. The van der Waals surface area contributed by atoms with E-state index in [0.717, 1.165) is 11.3 Å². The lowest BCUT2D eigenvalue weighted by molar-refractivity contribution is -0.143. The van der Waals surface area contributed by atoms with E-state index in [1.807, 2.05) is 13.8 Å². The van der Waals surface area contributed by atoms with Gasteiger partial charge in [0, 0.05) is 4.90 Å². The van der Waals surface area contributed by atoms with Gasteiger partial charge in [0.25, 0.3) is 0 Å². The summed E-state index contributed by atoms with van der Waals surface area (Å²) in [5, 5.41) is 8.63. The third-order valence-electron chi connectivity index (χ3n) is 2.44. The summed E-state index contributed by atoms with van der Waals surface area (Å²) in [6.45, 7) is 4.27. The van der Waals surface area contributed by atoms with Crippen molar-refractivity contribution in [2.24, 2.45) is 0 Å². The topological polar surface area (TPSA) is 63.6 Å². The highest BCUT2D eigenvalue weighted by molar-refractivity contribution is 8.00. The molecule has 0 aromatic heterocycles. The number of esters is 1. The molecule has 0 fully saturated rings. The van der Waals surface area contributed by atoms with Crippen LogP contribution in [0.25, 0.3) is 0 Å². The molecule has 19 heavy (non-hydrogen) atoms. The van der Waals surface area contributed by atoms with Crippen LogP contribution in [-0.2, 0) is 9.53 Å². The standard InChI is InChI=1S/C14H18O4S/c1-3-8-18-14(17)12(4-2)19-11-7-5-6-10(9-11)13(15)16/h5-7,9,12H,3-4,8H2,1-2H3,(H,15,16). The number of aromatic carboxylic acids is 1. The fraction of sp³-hybridized carbons (Fsp3) is 0.429. The first-order valence-corrected chi connectivity index (χ1v) is 7.13. The molecule has 0 heterocycles. The summed E-state index contributed by atoms with van der Waals surface area (Å²) in [7, 11) is 0. The van der Waals surface area contributed by atoms with E-state index in [1.54, 1.807) is 18.2 Å². The number of hydrogen-bond donors (Lipinski definition) is 1. The Morgan fingerprint density at radius 2 is 2.11 bits per heavy atom. The van der Waals surface area contributed by atoms with Gasteiger partial charge in [0.05, 0.1) is 12.2 Å². The highest BCUT2D eigenvalue weighted by atomic mass is 32.2. The number of carboxylic acid groups (broad SMARTS) is 1. The zero-order valence-corrected chi connectivity index (χ0v) is 11.9. The zero-order valence-electron chi connectivity index (χ0n) is 11.1. The Morgan fingerprint density at radius 1 is 1.37 bits per heavy atom. The third kappa shape index (κ3) is 4.95. The molecular weight excluding hydrogens is 264 g/mol. The average Bonchev–Trinajstić information content (AvgIpc) is 2.42. The molecule has 1 atom stereocenters. The van der Waals surface area contributed by atoms with E-state index in [1.165, 1.54) is 17.8 Å². The van der Waals surface area contributed by atoms with Crippen molar-refractivity contribution in [2.75, 3.05) is 6.61 Å². The van der Waals surface area contributed by atoms with Gasteiger partial charge in [0.1, 0.15) is 5.25 Å². The summed E-state index contributed by atoms with van der Waals surface area (Å²) in [6, 6.07) is 6.58. The number of thioether (sulfide) groups is 1. The molecule has 0 aliphatic rings. The summed E-state index contributed by atoms with van der Waals surface area (Å²) in [5.74, 6) is -1.21. The van der Waals surface area contributed by atoms with Gasteiger partial charge in [-0.05, 0) is 31.0 Å². The lowest BCUT2D eigenvalue weighted by Gasteiger charge is -2.13. The molecule has 0 aliphatic carbocycles. The maximum Gasteiger partial charge on any atom is 0.335 e. The van der Waals surface area contributed by atoms with Crippen molar-refractivity contribution in [1.82, 2.24) is 0 Å². The van der Waals surface area contributed by atoms with E-state index >= 15 is 0 Å². The third-order valence-corrected chi connectivity index (χ3v) is 3.78. The van der Waals surface area contributed by atoms with Crippen LogP contribution < -0.4 is 0 Å². The number of ether oxygens (including phenoxy) is 1. The van der Waals surface area contributed by atoms with Crippen molar-refractivity contribution in [1.29, 1.82) is 0 Å². The Labute approximate surface area is 117 Å².